The molecule has 6 heteroatoms. The number of halogens is 1. The Hall–Kier alpha value is -3.25. The van der Waals surface area contributed by atoms with Crippen molar-refractivity contribution >= 4 is 29.7 Å². The monoisotopic (exact) mass is 549 g/mol. The van der Waals surface area contributed by atoms with Gasteiger partial charge in [-0.1, -0.05) is 97.9 Å². The van der Waals surface area contributed by atoms with Crippen molar-refractivity contribution in [3.8, 4) is 0 Å². The van der Waals surface area contributed by atoms with Crippen molar-refractivity contribution in [1.82, 2.24) is 4.90 Å². The van der Waals surface area contributed by atoms with Crippen LogP contribution >= 0.6 is 12.4 Å². The molecule has 5 nitrogen and oxygen atoms in total. The number of carboxylic acid groups (broad SMARTS) is 1. The number of likely N-dealkylation sites (tertiary alicyclic amines) is 1. The second-order valence-electron chi connectivity index (χ2n) is 9.49. The number of carboxylic acids is 1. The number of Topliss-reactive ketones (excluding diaryl/α,β-unsaturated/α-hetero) is 1. The average Bonchev–Trinajstić information content (AvgIpc) is 2.96. The average molecular weight is 550 g/mol. The molecule has 1 aliphatic rings. The van der Waals surface area contributed by atoms with E-state index in [9.17, 15) is 14.7 Å². The van der Waals surface area contributed by atoms with E-state index in [1.54, 1.807) is 0 Å². The number of carbonyl (C=O) groups excluding carboxylic acids is 1. The predicted octanol–water partition coefficient (Wildman–Crippen LogP) is 6.94. The molecule has 0 saturated carbocycles. The number of hydrogen-bond donors (Lipinski definition) is 1. The third kappa shape index (κ3) is 10.4. The minimum Gasteiger partial charge on any atom is -0.481 e. The molecule has 1 heterocycles. The maximum absolute atomic E-state index is 11.2. The van der Waals surface area contributed by atoms with Crippen molar-refractivity contribution in [1.29, 1.82) is 0 Å². The molecular weight excluding hydrogens is 510 g/mol. The number of carbonyl (C=O) groups is 2. The van der Waals surface area contributed by atoms with E-state index in [2.05, 4.69) is 66.4 Å². The SMILES string of the molecule is CCC(=O)c1ccccc1.Cc1ccccc1C(=CCOCCN1CCC[C@@H](C(=O)O)C1)c1ccccc1.Cl. The Morgan fingerprint density at radius 1 is 0.949 bits per heavy atom. The molecule has 1 saturated heterocycles. The van der Waals surface area contributed by atoms with E-state index >= 15 is 0 Å². The Morgan fingerprint density at radius 3 is 2.18 bits per heavy atom. The molecule has 3 aromatic carbocycles. The van der Waals surface area contributed by atoms with E-state index in [0.29, 0.717) is 26.2 Å². The normalized spacial score (nSPS) is 15.4. The number of benzene rings is 3. The van der Waals surface area contributed by atoms with Gasteiger partial charge in [-0.05, 0) is 48.6 Å². The van der Waals surface area contributed by atoms with Crippen molar-refractivity contribution in [2.45, 2.75) is 33.1 Å². The molecule has 1 fully saturated rings. The number of piperidine rings is 1. The molecular formula is C33H40ClNO4. The van der Waals surface area contributed by atoms with Crippen LogP contribution < -0.4 is 0 Å². The summed E-state index contributed by atoms with van der Waals surface area (Å²) in [6.07, 6.45) is 4.46. The van der Waals surface area contributed by atoms with Crippen LogP contribution in [0.15, 0.2) is 91.0 Å². The summed E-state index contributed by atoms with van der Waals surface area (Å²) in [6.45, 7) is 7.52. The van der Waals surface area contributed by atoms with E-state index in [1.807, 2.05) is 43.3 Å². The zero-order chi connectivity index (χ0) is 27.2. The molecule has 0 spiro atoms. The first-order chi connectivity index (χ1) is 18.5. The number of ether oxygens (including phenoxy) is 1. The molecule has 0 radical (unpaired) electrons. The van der Waals surface area contributed by atoms with Crippen LogP contribution in [0, 0.1) is 12.8 Å². The first-order valence-corrected chi connectivity index (χ1v) is 13.4. The van der Waals surface area contributed by atoms with Gasteiger partial charge in [0.15, 0.2) is 5.78 Å². The van der Waals surface area contributed by atoms with Gasteiger partial charge in [-0.15, -0.1) is 12.4 Å². The van der Waals surface area contributed by atoms with E-state index in [-0.39, 0.29) is 24.1 Å². The number of nitrogens with zero attached hydrogens (tertiary/aromatic N) is 1. The van der Waals surface area contributed by atoms with Crippen LogP contribution in [0.25, 0.3) is 5.57 Å². The molecule has 0 bridgehead atoms. The molecule has 0 aromatic heterocycles. The van der Waals surface area contributed by atoms with Gasteiger partial charge in [0.05, 0.1) is 19.1 Å². The highest BCUT2D eigenvalue weighted by Gasteiger charge is 2.24. The van der Waals surface area contributed by atoms with Gasteiger partial charge in [0, 0.05) is 25.1 Å². The molecule has 1 atom stereocenters. The lowest BCUT2D eigenvalue weighted by molar-refractivity contribution is -0.143. The minimum absolute atomic E-state index is 0. The second-order valence-corrected chi connectivity index (χ2v) is 9.49. The molecule has 3 aromatic rings. The molecule has 0 aliphatic carbocycles. The first-order valence-electron chi connectivity index (χ1n) is 13.4. The summed E-state index contributed by atoms with van der Waals surface area (Å²) in [5.74, 6) is -0.709. The Bertz CT molecular complexity index is 1180. The Kier molecular flexibility index (Phi) is 14.2. The molecule has 0 unspecified atom stereocenters. The zero-order valence-corrected chi connectivity index (χ0v) is 23.7. The number of rotatable bonds is 10. The largest absolute Gasteiger partial charge is 0.481 e. The van der Waals surface area contributed by atoms with Gasteiger partial charge in [-0.3, -0.25) is 9.59 Å². The molecule has 39 heavy (non-hydrogen) atoms. The second kappa shape index (κ2) is 17.4. The fourth-order valence-electron chi connectivity index (χ4n) is 4.58. The third-order valence-electron chi connectivity index (χ3n) is 6.75. The Labute approximate surface area is 238 Å². The quantitative estimate of drug-likeness (QED) is 0.219. The van der Waals surface area contributed by atoms with Crippen LogP contribution in [0.4, 0.5) is 0 Å². The maximum atomic E-state index is 11.2. The van der Waals surface area contributed by atoms with Crippen LogP contribution in [0.5, 0.6) is 0 Å². The molecule has 1 N–H and O–H groups in total. The summed E-state index contributed by atoms with van der Waals surface area (Å²) < 4.78 is 5.88. The number of aliphatic carboxylic acids is 1. The van der Waals surface area contributed by atoms with Crippen molar-refractivity contribution < 1.29 is 19.4 Å². The van der Waals surface area contributed by atoms with Crippen molar-refractivity contribution in [2.75, 3.05) is 32.8 Å². The number of aryl methyl sites for hydroxylation is 1. The fraction of sp³-hybridized carbons (Fsp3) is 0.333. The predicted molar refractivity (Wildman–Crippen MR) is 161 cm³/mol. The van der Waals surface area contributed by atoms with Crippen LogP contribution in [-0.2, 0) is 9.53 Å². The maximum Gasteiger partial charge on any atom is 0.307 e. The molecule has 4 rings (SSSR count). The van der Waals surface area contributed by atoms with Crippen molar-refractivity contribution in [2.24, 2.45) is 5.92 Å². The Morgan fingerprint density at radius 2 is 1.56 bits per heavy atom. The highest BCUT2D eigenvalue weighted by Crippen LogP contribution is 2.26. The lowest BCUT2D eigenvalue weighted by atomic mass is 9.94. The number of ketones is 1. The topological polar surface area (TPSA) is 66.8 Å². The third-order valence-corrected chi connectivity index (χ3v) is 6.75. The highest BCUT2D eigenvalue weighted by atomic mass is 35.5. The summed E-state index contributed by atoms with van der Waals surface area (Å²) in [4.78, 5) is 24.4. The standard InChI is InChI=1S/C24H29NO3.C9H10O.ClH/c1-19-8-5-6-12-22(19)23(20-9-3-2-4-10-20)13-16-28-17-15-25-14-7-11-21(18-25)24(26)27;1-2-9(10)8-6-4-3-5-7-8;/h2-6,8-10,12-13,21H,7,11,14-18H2,1H3,(H,26,27);3-7H,2H2,1H3;1H/t21-;;/m1../s1. The lowest BCUT2D eigenvalue weighted by Gasteiger charge is -2.30. The minimum atomic E-state index is -0.681. The molecule has 208 valence electrons. The fourth-order valence-corrected chi connectivity index (χ4v) is 4.58. The van der Waals surface area contributed by atoms with Gasteiger partial charge in [0.2, 0.25) is 0 Å². The summed E-state index contributed by atoms with van der Waals surface area (Å²) in [7, 11) is 0. The van der Waals surface area contributed by atoms with Gasteiger partial charge >= 0.3 is 5.97 Å². The van der Waals surface area contributed by atoms with Crippen LogP contribution in [0.3, 0.4) is 0 Å². The van der Waals surface area contributed by atoms with Crippen LogP contribution in [0.2, 0.25) is 0 Å². The van der Waals surface area contributed by atoms with E-state index in [0.717, 1.165) is 31.5 Å². The summed E-state index contributed by atoms with van der Waals surface area (Å²) >= 11 is 0. The lowest BCUT2D eigenvalue weighted by Crippen LogP contribution is -2.40. The van der Waals surface area contributed by atoms with Gasteiger partial charge < -0.3 is 14.7 Å². The van der Waals surface area contributed by atoms with Crippen molar-refractivity contribution in [3.05, 3.63) is 113 Å². The molecule has 1 aliphatic heterocycles. The van der Waals surface area contributed by atoms with Crippen LogP contribution in [-0.4, -0.2) is 54.6 Å². The van der Waals surface area contributed by atoms with Crippen LogP contribution in [0.1, 0.15) is 53.2 Å². The molecule has 0 amide bonds. The Balaban J connectivity index is 0.000000410. The van der Waals surface area contributed by atoms with Gasteiger partial charge in [-0.2, -0.15) is 0 Å². The van der Waals surface area contributed by atoms with E-state index in [1.165, 1.54) is 22.3 Å². The summed E-state index contributed by atoms with van der Waals surface area (Å²) in [5, 5.41) is 9.20. The van der Waals surface area contributed by atoms with E-state index < -0.39 is 5.97 Å². The van der Waals surface area contributed by atoms with Gasteiger partial charge in [0.25, 0.3) is 0 Å². The summed E-state index contributed by atoms with van der Waals surface area (Å²) in [6, 6.07) is 28.1. The zero-order valence-electron chi connectivity index (χ0n) is 22.9. The van der Waals surface area contributed by atoms with E-state index in [4.69, 9.17) is 4.74 Å². The smallest absolute Gasteiger partial charge is 0.307 e. The first kappa shape index (κ1) is 32.0. The van der Waals surface area contributed by atoms with Crippen molar-refractivity contribution in [3.63, 3.8) is 0 Å². The van der Waals surface area contributed by atoms with Gasteiger partial charge in [-0.25, -0.2) is 0 Å². The number of hydrogen-bond acceptors (Lipinski definition) is 4. The summed E-state index contributed by atoms with van der Waals surface area (Å²) in [5.41, 5.74) is 5.64. The highest BCUT2D eigenvalue weighted by molar-refractivity contribution is 5.95. The van der Waals surface area contributed by atoms with Gasteiger partial charge in [0.1, 0.15) is 0 Å².